The van der Waals surface area contributed by atoms with Crippen molar-refractivity contribution < 1.29 is 0 Å². The molecule has 0 bridgehead atoms. The fraction of sp³-hybridized carbons (Fsp3) is 0.0698. The van der Waals surface area contributed by atoms with E-state index in [1.807, 2.05) is 0 Å². The van der Waals surface area contributed by atoms with Crippen LogP contribution in [0.2, 0.25) is 0 Å². The Hall–Kier alpha value is -5.60. The number of para-hydroxylation sites is 3. The number of rotatable bonds is 4. The van der Waals surface area contributed by atoms with Crippen LogP contribution in [0.25, 0.3) is 49.4 Å². The molecule has 7 aromatic carbocycles. The average Bonchev–Trinajstić information content (AvgIpc) is 3.53. The number of hydrogen-bond donors (Lipinski definition) is 0. The summed E-state index contributed by atoms with van der Waals surface area (Å²) in [6, 6.07) is 57.6. The Kier molecular flexibility index (Phi) is 5.58. The maximum absolute atomic E-state index is 2.45. The second kappa shape index (κ2) is 9.70. The van der Waals surface area contributed by atoms with Gasteiger partial charge in [-0.15, -0.1) is 0 Å². The van der Waals surface area contributed by atoms with Gasteiger partial charge in [0.2, 0.25) is 0 Å². The molecule has 2 nitrogen and oxygen atoms in total. The molecule has 214 valence electrons. The highest BCUT2D eigenvalue weighted by Crippen LogP contribution is 2.55. The minimum atomic E-state index is -0.114. The van der Waals surface area contributed by atoms with Crippen molar-refractivity contribution in [2.24, 2.45) is 0 Å². The lowest BCUT2D eigenvalue weighted by atomic mass is 9.82. The third-order valence-corrected chi connectivity index (χ3v) is 9.73. The fourth-order valence-electron chi connectivity index (χ4n) is 7.60. The number of nitrogens with zero attached hydrogens (tertiary/aromatic N) is 2. The van der Waals surface area contributed by atoms with E-state index < -0.39 is 0 Å². The summed E-state index contributed by atoms with van der Waals surface area (Å²) in [5, 5.41) is 5.08. The molecule has 1 aliphatic rings. The summed E-state index contributed by atoms with van der Waals surface area (Å²) in [4.78, 5) is 2.45. The van der Waals surface area contributed by atoms with Crippen LogP contribution in [0.1, 0.15) is 25.0 Å². The Bertz CT molecular complexity index is 2400. The van der Waals surface area contributed by atoms with Crippen molar-refractivity contribution in [2.75, 3.05) is 4.90 Å². The first-order valence-electron chi connectivity index (χ1n) is 15.7. The number of anilines is 3. The molecule has 0 fully saturated rings. The molecule has 9 rings (SSSR count). The van der Waals surface area contributed by atoms with Gasteiger partial charge in [0.15, 0.2) is 0 Å². The average molecular weight is 577 g/mol. The summed E-state index contributed by atoms with van der Waals surface area (Å²) in [5.74, 6) is 0. The SMILES string of the molecule is CC1(C)c2cc3ccccc3cc2-c2c(N(c3ccccc3)c3ccc4c5ccccc5n(-c5ccccc5)c4c3)cccc21. The maximum atomic E-state index is 2.45. The van der Waals surface area contributed by atoms with Crippen molar-refractivity contribution in [3.63, 3.8) is 0 Å². The molecular weight excluding hydrogens is 544 g/mol. The van der Waals surface area contributed by atoms with Crippen molar-refractivity contribution in [3.05, 3.63) is 169 Å². The van der Waals surface area contributed by atoms with Crippen LogP contribution in [0, 0.1) is 0 Å². The Labute approximate surface area is 263 Å². The van der Waals surface area contributed by atoms with E-state index in [0.717, 1.165) is 17.1 Å². The molecule has 0 unspecified atom stereocenters. The molecule has 0 N–H and O–H groups in total. The zero-order valence-corrected chi connectivity index (χ0v) is 25.4. The van der Waals surface area contributed by atoms with E-state index in [-0.39, 0.29) is 5.41 Å². The highest BCUT2D eigenvalue weighted by Gasteiger charge is 2.38. The van der Waals surface area contributed by atoms with Crippen LogP contribution in [-0.2, 0) is 5.41 Å². The summed E-state index contributed by atoms with van der Waals surface area (Å²) in [6.07, 6.45) is 0. The van der Waals surface area contributed by atoms with Crippen LogP contribution in [-0.4, -0.2) is 4.57 Å². The lowest BCUT2D eigenvalue weighted by Crippen LogP contribution is -2.16. The molecule has 0 atom stereocenters. The summed E-state index contributed by atoms with van der Waals surface area (Å²) in [7, 11) is 0. The monoisotopic (exact) mass is 576 g/mol. The lowest BCUT2D eigenvalue weighted by Gasteiger charge is -2.29. The van der Waals surface area contributed by atoms with Crippen molar-refractivity contribution in [1.82, 2.24) is 4.57 Å². The normalized spacial score (nSPS) is 13.3. The fourth-order valence-corrected chi connectivity index (χ4v) is 7.60. The Balaban J connectivity index is 1.34. The van der Waals surface area contributed by atoms with Gasteiger partial charge in [0, 0.05) is 38.8 Å². The van der Waals surface area contributed by atoms with E-state index in [1.165, 1.54) is 60.5 Å². The molecule has 0 amide bonds. The van der Waals surface area contributed by atoms with E-state index in [1.54, 1.807) is 0 Å². The second-order valence-electron chi connectivity index (χ2n) is 12.6. The van der Waals surface area contributed by atoms with Crippen LogP contribution in [0.15, 0.2) is 158 Å². The number of fused-ring (bicyclic) bond motifs is 7. The molecule has 1 aromatic heterocycles. The molecule has 1 aliphatic carbocycles. The second-order valence-corrected chi connectivity index (χ2v) is 12.6. The molecule has 8 aromatic rings. The van der Waals surface area contributed by atoms with Gasteiger partial charge in [0.1, 0.15) is 0 Å². The molecule has 0 radical (unpaired) electrons. The van der Waals surface area contributed by atoms with Crippen molar-refractivity contribution in [1.29, 1.82) is 0 Å². The van der Waals surface area contributed by atoms with E-state index >= 15 is 0 Å². The number of benzene rings is 7. The molecule has 45 heavy (non-hydrogen) atoms. The molecule has 2 heteroatoms. The zero-order valence-electron chi connectivity index (χ0n) is 25.4. The van der Waals surface area contributed by atoms with Gasteiger partial charge >= 0.3 is 0 Å². The van der Waals surface area contributed by atoms with Gasteiger partial charge in [0.25, 0.3) is 0 Å². The Morgan fingerprint density at radius 3 is 1.96 bits per heavy atom. The van der Waals surface area contributed by atoms with Crippen LogP contribution in [0.5, 0.6) is 0 Å². The smallest absolute Gasteiger partial charge is 0.0561 e. The quantitative estimate of drug-likeness (QED) is 0.202. The van der Waals surface area contributed by atoms with Crippen molar-refractivity contribution in [2.45, 2.75) is 19.3 Å². The standard InChI is InChI=1S/C43H32N2/c1-43(2)37-21-13-23-40(42(37)36-26-29-14-9-10-15-30(29)27-38(36)43)44(31-16-5-3-6-17-31)33-24-25-35-34-20-11-12-22-39(34)45(41(35)28-33)32-18-7-4-8-19-32/h3-28H,1-2H3. The Morgan fingerprint density at radius 2 is 1.16 bits per heavy atom. The van der Waals surface area contributed by atoms with Crippen molar-refractivity contribution >= 4 is 49.6 Å². The summed E-state index contributed by atoms with van der Waals surface area (Å²) in [5.41, 5.74) is 12.3. The molecular formula is C43H32N2. The van der Waals surface area contributed by atoms with Gasteiger partial charge in [-0.05, 0) is 88.1 Å². The molecule has 0 aliphatic heterocycles. The van der Waals surface area contributed by atoms with Crippen LogP contribution < -0.4 is 4.90 Å². The predicted molar refractivity (Wildman–Crippen MR) is 191 cm³/mol. The van der Waals surface area contributed by atoms with Gasteiger partial charge < -0.3 is 9.47 Å². The highest BCUT2D eigenvalue weighted by atomic mass is 15.1. The van der Waals surface area contributed by atoms with Gasteiger partial charge in [-0.25, -0.2) is 0 Å². The number of aromatic nitrogens is 1. The van der Waals surface area contributed by atoms with Crippen molar-refractivity contribution in [3.8, 4) is 16.8 Å². The van der Waals surface area contributed by atoms with Crippen LogP contribution >= 0.6 is 0 Å². The highest BCUT2D eigenvalue weighted by molar-refractivity contribution is 6.10. The molecule has 1 heterocycles. The van der Waals surface area contributed by atoms with Gasteiger partial charge in [-0.3, -0.25) is 0 Å². The number of hydrogen-bond acceptors (Lipinski definition) is 1. The Morgan fingerprint density at radius 1 is 0.489 bits per heavy atom. The zero-order chi connectivity index (χ0) is 30.1. The first-order valence-corrected chi connectivity index (χ1v) is 15.7. The van der Waals surface area contributed by atoms with Crippen LogP contribution in [0.4, 0.5) is 17.1 Å². The maximum Gasteiger partial charge on any atom is 0.0561 e. The lowest BCUT2D eigenvalue weighted by molar-refractivity contribution is 0.661. The molecule has 0 saturated carbocycles. The molecule has 0 spiro atoms. The van der Waals surface area contributed by atoms with Gasteiger partial charge in [-0.1, -0.05) is 111 Å². The van der Waals surface area contributed by atoms with Gasteiger partial charge in [-0.2, -0.15) is 0 Å². The predicted octanol–water partition coefficient (Wildman–Crippen LogP) is 11.7. The summed E-state index contributed by atoms with van der Waals surface area (Å²) >= 11 is 0. The van der Waals surface area contributed by atoms with E-state index in [4.69, 9.17) is 0 Å². The minimum absolute atomic E-state index is 0.114. The first kappa shape index (κ1) is 25.9. The topological polar surface area (TPSA) is 8.17 Å². The van der Waals surface area contributed by atoms with E-state index in [0.29, 0.717) is 0 Å². The third kappa shape index (κ3) is 3.82. The van der Waals surface area contributed by atoms with E-state index in [2.05, 4.69) is 181 Å². The molecule has 0 saturated heterocycles. The van der Waals surface area contributed by atoms with Crippen LogP contribution in [0.3, 0.4) is 0 Å². The summed E-state index contributed by atoms with van der Waals surface area (Å²) in [6.45, 7) is 4.74. The first-order chi connectivity index (χ1) is 22.1. The third-order valence-electron chi connectivity index (χ3n) is 9.73. The summed E-state index contributed by atoms with van der Waals surface area (Å²) < 4.78 is 2.40. The minimum Gasteiger partial charge on any atom is -0.310 e. The van der Waals surface area contributed by atoms with Gasteiger partial charge in [0.05, 0.1) is 16.7 Å². The largest absolute Gasteiger partial charge is 0.310 e. The van der Waals surface area contributed by atoms with E-state index in [9.17, 15) is 0 Å².